The lowest BCUT2D eigenvalue weighted by Gasteiger charge is -2.26. The number of carbonyl (C=O) groups excluding carboxylic acids is 2. The Morgan fingerprint density at radius 2 is 2.06 bits per heavy atom. The number of fused-ring (bicyclic) bond motifs is 1. The van der Waals surface area contributed by atoms with E-state index in [0.29, 0.717) is 11.7 Å². The van der Waals surface area contributed by atoms with Crippen LogP contribution in [0.15, 0.2) is 36.4 Å². The van der Waals surface area contributed by atoms with E-state index in [0.717, 1.165) is 66.3 Å². The number of rotatable bonds is 6. The third-order valence-corrected chi connectivity index (χ3v) is 7.59. The molecule has 0 spiro atoms. The Morgan fingerprint density at radius 3 is 2.85 bits per heavy atom. The number of morpholine rings is 1. The number of carbonyl (C=O) groups is 2. The van der Waals surface area contributed by atoms with Gasteiger partial charge >= 0.3 is 0 Å². The minimum absolute atomic E-state index is 0.00112. The summed E-state index contributed by atoms with van der Waals surface area (Å²) in [6.45, 7) is 8.84. The van der Waals surface area contributed by atoms with Crippen LogP contribution in [-0.4, -0.2) is 54.5 Å². The second kappa shape index (κ2) is 9.82. The van der Waals surface area contributed by atoms with Crippen LogP contribution in [0.5, 0.6) is 0 Å². The number of aromatic nitrogens is 1. The summed E-state index contributed by atoms with van der Waals surface area (Å²) in [6, 6.07) is 12.4. The number of anilines is 2. The zero-order chi connectivity index (χ0) is 23.7. The van der Waals surface area contributed by atoms with Crippen molar-refractivity contribution in [3.8, 4) is 0 Å². The molecular formula is C26H30N4O3S. The predicted molar refractivity (Wildman–Crippen MR) is 135 cm³/mol. The summed E-state index contributed by atoms with van der Waals surface area (Å²) < 4.78 is 6.49. The fourth-order valence-corrected chi connectivity index (χ4v) is 5.77. The first-order valence-electron chi connectivity index (χ1n) is 11.9. The fraction of sp³-hybridized carbons (Fsp3) is 0.423. The maximum Gasteiger partial charge on any atom is 0.231 e. The van der Waals surface area contributed by atoms with Crippen molar-refractivity contribution in [2.75, 3.05) is 43.1 Å². The van der Waals surface area contributed by atoms with Gasteiger partial charge in [-0.1, -0.05) is 42.5 Å². The van der Waals surface area contributed by atoms with Crippen LogP contribution in [0.2, 0.25) is 0 Å². The second-order valence-electron chi connectivity index (χ2n) is 9.04. The van der Waals surface area contributed by atoms with Crippen LogP contribution < -0.4 is 10.2 Å². The van der Waals surface area contributed by atoms with E-state index in [1.54, 1.807) is 4.90 Å². The van der Waals surface area contributed by atoms with E-state index in [1.165, 1.54) is 16.9 Å². The molecule has 3 heterocycles. The first-order valence-corrected chi connectivity index (χ1v) is 12.7. The molecule has 1 unspecified atom stereocenters. The zero-order valence-electron chi connectivity index (χ0n) is 19.7. The van der Waals surface area contributed by atoms with Crippen LogP contribution in [0, 0.1) is 12.8 Å². The summed E-state index contributed by atoms with van der Waals surface area (Å²) >= 11 is 1.48. The number of thiazole rings is 1. The second-order valence-corrected chi connectivity index (χ2v) is 10.1. The van der Waals surface area contributed by atoms with Crippen molar-refractivity contribution >= 4 is 44.2 Å². The molecule has 2 aliphatic rings. The SMILES string of the molecule is CCc1cccc(C)c1N1CC(C(=O)Nc2nc3ccc(CN4CCOCC4)cc3s2)CC1=O. The normalized spacial score (nSPS) is 19.2. The minimum atomic E-state index is -0.388. The monoisotopic (exact) mass is 478 g/mol. The lowest BCUT2D eigenvalue weighted by molar-refractivity contribution is -0.122. The van der Waals surface area contributed by atoms with E-state index in [9.17, 15) is 9.59 Å². The third kappa shape index (κ3) is 4.71. The highest BCUT2D eigenvalue weighted by Crippen LogP contribution is 2.33. The van der Waals surface area contributed by atoms with Crippen molar-refractivity contribution in [2.24, 2.45) is 5.92 Å². The van der Waals surface area contributed by atoms with Gasteiger partial charge in [-0.15, -0.1) is 0 Å². The number of aryl methyl sites for hydroxylation is 2. The molecule has 1 atom stereocenters. The van der Waals surface area contributed by atoms with Gasteiger partial charge < -0.3 is 15.0 Å². The number of nitrogens with one attached hydrogen (secondary N) is 1. The quantitative estimate of drug-likeness (QED) is 0.580. The molecule has 178 valence electrons. The Kier molecular flexibility index (Phi) is 6.63. The molecule has 2 saturated heterocycles. The van der Waals surface area contributed by atoms with Crippen LogP contribution in [0.1, 0.15) is 30.0 Å². The topological polar surface area (TPSA) is 74.8 Å². The summed E-state index contributed by atoms with van der Waals surface area (Å²) in [4.78, 5) is 34.6. The summed E-state index contributed by atoms with van der Waals surface area (Å²) in [6.07, 6.45) is 1.06. The van der Waals surface area contributed by atoms with Crippen molar-refractivity contribution in [3.05, 3.63) is 53.1 Å². The number of hydrogen-bond donors (Lipinski definition) is 1. The van der Waals surface area contributed by atoms with Gasteiger partial charge in [-0.3, -0.25) is 14.5 Å². The van der Waals surface area contributed by atoms with Gasteiger partial charge in [0.15, 0.2) is 5.13 Å². The van der Waals surface area contributed by atoms with Crippen LogP contribution in [-0.2, 0) is 27.3 Å². The lowest BCUT2D eigenvalue weighted by atomic mass is 10.0. The summed E-state index contributed by atoms with van der Waals surface area (Å²) in [7, 11) is 0. The van der Waals surface area contributed by atoms with E-state index in [2.05, 4.69) is 40.3 Å². The molecule has 7 nitrogen and oxygen atoms in total. The van der Waals surface area contributed by atoms with Crippen LogP contribution in [0.3, 0.4) is 0 Å². The molecule has 34 heavy (non-hydrogen) atoms. The lowest BCUT2D eigenvalue weighted by Crippen LogP contribution is -2.35. The Morgan fingerprint density at radius 1 is 1.24 bits per heavy atom. The highest BCUT2D eigenvalue weighted by atomic mass is 32.1. The molecule has 0 bridgehead atoms. The van der Waals surface area contributed by atoms with Crippen molar-refractivity contribution in [3.63, 3.8) is 0 Å². The van der Waals surface area contributed by atoms with E-state index in [1.807, 2.05) is 25.1 Å². The zero-order valence-corrected chi connectivity index (χ0v) is 20.5. The van der Waals surface area contributed by atoms with E-state index < -0.39 is 0 Å². The molecule has 2 amide bonds. The Labute approximate surface area is 203 Å². The Balaban J connectivity index is 1.27. The highest BCUT2D eigenvalue weighted by molar-refractivity contribution is 7.22. The first-order chi connectivity index (χ1) is 16.5. The molecule has 3 aromatic rings. The Bertz CT molecular complexity index is 1220. The average molecular weight is 479 g/mol. The summed E-state index contributed by atoms with van der Waals surface area (Å²) in [5, 5.41) is 3.56. The van der Waals surface area contributed by atoms with E-state index >= 15 is 0 Å². The number of nitrogens with zero attached hydrogens (tertiary/aromatic N) is 3. The highest BCUT2D eigenvalue weighted by Gasteiger charge is 2.36. The molecule has 1 N–H and O–H groups in total. The number of ether oxygens (including phenoxy) is 1. The van der Waals surface area contributed by atoms with E-state index in [4.69, 9.17) is 4.74 Å². The molecule has 2 aliphatic heterocycles. The predicted octanol–water partition coefficient (Wildman–Crippen LogP) is 3.99. The number of benzene rings is 2. The maximum atomic E-state index is 13.0. The molecule has 0 aliphatic carbocycles. The Hall–Kier alpha value is -2.81. The number of para-hydroxylation sites is 1. The molecule has 2 aromatic carbocycles. The molecule has 0 radical (unpaired) electrons. The van der Waals surface area contributed by atoms with Crippen molar-refractivity contribution in [1.29, 1.82) is 0 Å². The largest absolute Gasteiger partial charge is 0.379 e. The van der Waals surface area contributed by atoms with Gasteiger partial charge in [0.2, 0.25) is 11.8 Å². The molecule has 1 aromatic heterocycles. The number of hydrogen-bond acceptors (Lipinski definition) is 6. The third-order valence-electron chi connectivity index (χ3n) is 6.66. The van der Waals surface area contributed by atoms with E-state index in [-0.39, 0.29) is 24.2 Å². The molecule has 2 fully saturated rings. The number of amides is 2. The van der Waals surface area contributed by atoms with Gasteiger partial charge in [0.1, 0.15) is 0 Å². The van der Waals surface area contributed by atoms with Crippen LogP contribution in [0.25, 0.3) is 10.2 Å². The van der Waals surface area contributed by atoms with Gasteiger partial charge in [-0.05, 0) is 42.2 Å². The molecular weight excluding hydrogens is 448 g/mol. The molecule has 8 heteroatoms. The summed E-state index contributed by atoms with van der Waals surface area (Å²) in [5.41, 5.74) is 5.26. The molecule has 5 rings (SSSR count). The maximum absolute atomic E-state index is 13.0. The van der Waals surface area contributed by atoms with Crippen LogP contribution in [0.4, 0.5) is 10.8 Å². The minimum Gasteiger partial charge on any atom is -0.379 e. The van der Waals surface area contributed by atoms with Gasteiger partial charge in [0.25, 0.3) is 0 Å². The van der Waals surface area contributed by atoms with Gasteiger partial charge in [0.05, 0.1) is 29.3 Å². The van der Waals surface area contributed by atoms with Crippen molar-refractivity contribution in [1.82, 2.24) is 9.88 Å². The fourth-order valence-electron chi connectivity index (χ4n) is 4.84. The first kappa shape index (κ1) is 23.0. The van der Waals surface area contributed by atoms with Gasteiger partial charge in [0, 0.05) is 38.3 Å². The standard InChI is InChI=1S/C26H30N4O3S/c1-3-19-6-4-5-17(2)24(19)30-16-20(14-23(30)31)25(32)28-26-27-21-8-7-18(13-22(21)34-26)15-29-9-11-33-12-10-29/h4-8,13,20H,3,9-12,14-16H2,1-2H3,(H,27,28,32). The summed E-state index contributed by atoms with van der Waals surface area (Å²) in [5.74, 6) is -0.531. The van der Waals surface area contributed by atoms with Crippen molar-refractivity contribution in [2.45, 2.75) is 33.2 Å². The van der Waals surface area contributed by atoms with Crippen molar-refractivity contribution < 1.29 is 14.3 Å². The van der Waals surface area contributed by atoms with Gasteiger partial charge in [-0.2, -0.15) is 0 Å². The van der Waals surface area contributed by atoms with Crippen LogP contribution >= 0.6 is 11.3 Å². The van der Waals surface area contributed by atoms with Gasteiger partial charge in [-0.25, -0.2) is 4.98 Å². The molecule has 0 saturated carbocycles. The smallest absolute Gasteiger partial charge is 0.231 e. The average Bonchev–Trinajstić information content (AvgIpc) is 3.42.